The van der Waals surface area contributed by atoms with E-state index in [9.17, 15) is 13.2 Å². The summed E-state index contributed by atoms with van der Waals surface area (Å²) in [6, 6.07) is 5.51. The van der Waals surface area contributed by atoms with E-state index >= 15 is 0 Å². The minimum Gasteiger partial charge on any atom is -0.424 e. The molecule has 8 nitrogen and oxygen atoms in total. The Hall–Kier alpha value is -3.08. The average molecular weight is 494 g/mol. The van der Waals surface area contributed by atoms with Gasteiger partial charge in [0.05, 0.1) is 0 Å². The van der Waals surface area contributed by atoms with Crippen molar-refractivity contribution in [3.8, 4) is 11.8 Å². The van der Waals surface area contributed by atoms with E-state index in [1.54, 1.807) is 6.33 Å². The zero-order chi connectivity index (χ0) is 23.8. The van der Waals surface area contributed by atoms with Crippen LogP contribution in [0.4, 0.5) is 24.9 Å². The van der Waals surface area contributed by atoms with E-state index in [0.29, 0.717) is 11.8 Å². The van der Waals surface area contributed by atoms with Crippen molar-refractivity contribution in [1.29, 1.82) is 0 Å². The Morgan fingerprint density at radius 2 is 1.91 bits per heavy atom. The van der Waals surface area contributed by atoms with Gasteiger partial charge in [0.1, 0.15) is 30.3 Å². The molecule has 12 heteroatoms. The molecule has 2 bridgehead atoms. The quantitative estimate of drug-likeness (QED) is 0.517. The number of aromatic nitrogens is 5. The third-order valence-corrected chi connectivity index (χ3v) is 6.46. The molecule has 1 saturated heterocycles. The van der Waals surface area contributed by atoms with Gasteiger partial charge in [-0.1, -0.05) is 11.6 Å². The molecule has 2 aromatic heterocycles. The predicted octanol–water partition coefficient (Wildman–Crippen LogP) is 4.55. The van der Waals surface area contributed by atoms with Crippen molar-refractivity contribution in [2.45, 2.75) is 38.8 Å². The van der Waals surface area contributed by atoms with Crippen molar-refractivity contribution in [2.75, 3.05) is 23.3 Å². The molecule has 1 aliphatic heterocycles. The molecule has 0 radical (unpaired) electrons. The van der Waals surface area contributed by atoms with Gasteiger partial charge in [-0.2, -0.15) is 4.98 Å². The molecule has 2 fully saturated rings. The first kappa shape index (κ1) is 22.7. The van der Waals surface area contributed by atoms with Crippen LogP contribution in [-0.4, -0.2) is 50.3 Å². The van der Waals surface area contributed by atoms with Crippen LogP contribution in [0.2, 0.25) is 5.02 Å². The number of nitrogens with zero attached hydrogens (tertiary/aromatic N) is 6. The standard InChI is InChI=1S/C22H23ClF3N7O/c1-12-4-19(28-11-27-12)32-8-13-2-3-14(9-32)20(13)29-21-30-22(33(31-21)10-18(25)26)34-17-6-15(23)5-16(24)7-17/h4-7,11,13-14,18,20H,2-3,8-10H2,1H3,(H,29,31)/t13-,14+,20-. The van der Waals surface area contributed by atoms with Crippen molar-refractivity contribution in [3.63, 3.8) is 0 Å². The molecule has 3 aromatic rings. The molecule has 0 amide bonds. The van der Waals surface area contributed by atoms with Gasteiger partial charge in [0.25, 0.3) is 6.43 Å². The van der Waals surface area contributed by atoms with Gasteiger partial charge >= 0.3 is 6.01 Å². The van der Waals surface area contributed by atoms with Crippen LogP contribution >= 0.6 is 11.6 Å². The van der Waals surface area contributed by atoms with Crippen LogP contribution < -0.4 is 15.0 Å². The molecular formula is C22H23ClF3N7O. The SMILES string of the molecule is Cc1cc(N2C[C@H]3CC[C@@H](C2)[C@@H]3Nc2nc(Oc3cc(F)cc(Cl)c3)n(CC(F)F)n2)ncn1. The fraction of sp³-hybridized carbons (Fsp3) is 0.455. The van der Waals surface area contributed by atoms with Gasteiger partial charge in [-0.3, -0.25) is 0 Å². The number of rotatable bonds is 7. The average Bonchev–Trinajstić information content (AvgIpc) is 3.21. The van der Waals surface area contributed by atoms with Crippen molar-refractivity contribution < 1.29 is 17.9 Å². The molecule has 2 aliphatic rings. The zero-order valence-electron chi connectivity index (χ0n) is 18.3. The third kappa shape index (κ3) is 4.89. The lowest BCUT2D eigenvalue weighted by molar-refractivity contribution is 0.118. The highest BCUT2D eigenvalue weighted by Gasteiger charge is 2.43. The zero-order valence-corrected chi connectivity index (χ0v) is 19.1. The van der Waals surface area contributed by atoms with Gasteiger partial charge < -0.3 is 15.0 Å². The molecule has 0 unspecified atom stereocenters. The van der Waals surface area contributed by atoms with Gasteiger partial charge in [0.15, 0.2) is 0 Å². The van der Waals surface area contributed by atoms with Gasteiger partial charge in [-0.25, -0.2) is 27.8 Å². The first-order chi connectivity index (χ1) is 16.3. The number of aryl methyl sites for hydroxylation is 1. The summed E-state index contributed by atoms with van der Waals surface area (Å²) in [5.74, 6) is 1.19. The largest absolute Gasteiger partial charge is 0.424 e. The summed E-state index contributed by atoms with van der Waals surface area (Å²) >= 11 is 5.87. The van der Waals surface area contributed by atoms with E-state index in [1.165, 1.54) is 6.07 Å². The molecule has 1 aliphatic carbocycles. The normalized spacial score (nSPS) is 21.8. The number of hydrogen-bond donors (Lipinski definition) is 1. The smallest absolute Gasteiger partial charge is 0.322 e. The fourth-order valence-electron chi connectivity index (χ4n) is 4.81. The van der Waals surface area contributed by atoms with E-state index < -0.39 is 18.8 Å². The maximum atomic E-state index is 13.7. The summed E-state index contributed by atoms with van der Waals surface area (Å²) in [6.45, 7) is 2.86. The fourth-order valence-corrected chi connectivity index (χ4v) is 5.03. The van der Waals surface area contributed by atoms with E-state index in [0.717, 1.165) is 54.3 Å². The summed E-state index contributed by atoms with van der Waals surface area (Å²) in [5.41, 5.74) is 0.915. The van der Waals surface area contributed by atoms with E-state index in [4.69, 9.17) is 16.3 Å². The highest BCUT2D eigenvalue weighted by Crippen LogP contribution is 2.40. The monoisotopic (exact) mass is 493 g/mol. The minimum atomic E-state index is -2.66. The second-order valence-electron chi connectivity index (χ2n) is 8.69. The molecule has 3 heterocycles. The predicted molar refractivity (Wildman–Crippen MR) is 120 cm³/mol. The summed E-state index contributed by atoms with van der Waals surface area (Å²) in [7, 11) is 0. The summed E-state index contributed by atoms with van der Waals surface area (Å²) in [4.78, 5) is 15.1. The molecule has 180 valence electrons. The number of halogens is 4. The third-order valence-electron chi connectivity index (χ3n) is 6.24. The summed E-state index contributed by atoms with van der Waals surface area (Å²) < 4.78 is 46.5. The molecule has 5 rings (SSSR count). The van der Waals surface area contributed by atoms with Crippen LogP contribution in [0, 0.1) is 24.6 Å². The van der Waals surface area contributed by atoms with Crippen molar-refractivity contribution in [1.82, 2.24) is 24.7 Å². The lowest BCUT2D eigenvalue weighted by Gasteiger charge is -2.38. The molecule has 3 atom stereocenters. The van der Waals surface area contributed by atoms with Gasteiger partial charge in [-0.05, 0) is 43.7 Å². The Kier molecular flexibility index (Phi) is 6.20. The lowest BCUT2D eigenvalue weighted by Crippen LogP contribution is -2.48. The Labute approximate surface area is 199 Å². The molecule has 1 aromatic carbocycles. The first-order valence-electron chi connectivity index (χ1n) is 11.0. The van der Waals surface area contributed by atoms with Gasteiger partial charge in [0.2, 0.25) is 5.95 Å². The number of hydrogen-bond acceptors (Lipinski definition) is 7. The Morgan fingerprint density at radius 1 is 1.15 bits per heavy atom. The lowest BCUT2D eigenvalue weighted by atomic mass is 9.92. The van der Waals surface area contributed by atoms with E-state index in [2.05, 4.69) is 30.3 Å². The number of piperidine rings is 1. The highest BCUT2D eigenvalue weighted by molar-refractivity contribution is 6.30. The van der Waals surface area contributed by atoms with Crippen molar-refractivity contribution in [3.05, 3.63) is 47.1 Å². The van der Waals surface area contributed by atoms with Crippen molar-refractivity contribution >= 4 is 23.4 Å². The van der Waals surface area contributed by atoms with Crippen LogP contribution in [-0.2, 0) is 6.54 Å². The summed E-state index contributed by atoms with van der Waals surface area (Å²) in [6.07, 6.45) is 0.977. The van der Waals surface area contributed by atoms with Crippen LogP contribution in [0.1, 0.15) is 18.5 Å². The van der Waals surface area contributed by atoms with Crippen LogP contribution in [0.3, 0.4) is 0 Å². The van der Waals surface area contributed by atoms with Crippen LogP contribution in [0.25, 0.3) is 0 Å². The molecule has 34 heavy (non-hydrogen) atoms. The highest BCUT2D eigenvalue weighted by atomic mass is 35.5. The Bertz CT molecular complexity index is 1140. The first-order valence-corrected chi connectivity index (χ1v) is 11.4. The maximum Gasteiger partial charge on any atom is 0.322 e. The van der Waals surface area contributed by atoms with Crippen molar-refractivity contribution in [2.24, 2.45) is 11.8 Å². The number of ether oxygens (including phenoxy) is 1. The second kappa shape index (κ2) is 9.28. The molecule has 0 spiro atoms. The Morgan fingerprint density at radius 3 is 2.59 bits per heavy atom. The topological polar surface area (TPSA) is 81.0 Å². The minimum absolute atomic E-state index is 0.0491. The van der Waals surface area contributed by atoms with Gasteiger partial charge in [0, 0.05) is 42.0 Å². The molecule has 1 saturated carbocycles. The van der Waals surface area contributed by atoms with E-state index in [-0.39, 0.29) is 28.8 Å². The second-order valence-corrected chi connectivity index (χ2v) is 9.13. The summed E-state index contributed by atoms with van der Waals surface area (Å²) in [5, 5.41) is 7.66. The number of alkyl halides is 2. The number of benzene rings is 1. The Balaban J connectivity index is 1.33. The van der Waals surface area contributed by atoms with Crippen LogP contribution in [0.15, 0.2) is 30.6 Å². The van der Waals surface area contributed by atoms with E-state index in [1.807, 2.05) is 13.0 Å². The number of fused-ring (bicyclic) bond motifs is 2. The van der Waals surface area contributed by atoms with Gasteiger partial charge in [-0.15, -0.1) is 5.10 Å². The maximum absolute atomic E-state index is 13.7. The number of nitrogens with one attached hydrogen (secondary N) is 1. The van der Waals surface area contributed by atoms with Crippen LogP contribution in [0.5, 0.6) is 11.8 Å². The number of anilines is 2. The molecular weight excluding hydrogens is 471 g/mol. The molecule has 1 N–H and O–H groups in total.